The summed E-state index contributed by atoms with van der Waals surface area (Å²) in [5.41, 5.74) is 0. The van der Waals surface area contributed by atoms with Gasteiger partial charge >= 0.3 is 0 Å². The number of hydrogen-bond acceptors (Lipinski definition) is 3. The number of amides is 3. The maximum Gasteiger partial charge on any atom is 0.245 e. The summed E-state index contributed by atoms with van der Waals surface area (Å²) in [7, 11) is 0. The van der Waals surface area contributed by atoms with Crippen LogP contribution in [0.1, 0.15) is 32.6 Å². The summed E-state index contributed by atoms with van der Waals surface area (Å²) in [4.78, 5) is 42.0. The van der Waals surface area contributed by atoms with Crippen molar-refractivity contribution in [3.05, 3.63) is 12.2 Å². The molecule has 0 radical (unpaired) electrons. The zero-order chi connectivity index (χ0) is 16.6. The lowest BCUT2D eigenvalue weighted by atomic mass is 9.63. The molecule has 128 valence electrons. The Kier molecular flexibility index (Phi) is 3.01. The predicted molar refractivity (Wildman–Crippen MR) is 86.4 cm³/mol. The van der Waals surface area contributed by atoms with Gasteiger partial charge in [0, 0.05) is 13.1 Å². The van der Waals surface area contributed by atoms with Gasteiger partial charge in [-0.25, -0.2) is 0 Å². The molecule has 0 aromatic carbocycles. The fourth-order valence-electron chi connectivity index (χ4n) is 5.85. The van der Waals surface area contributed by atoms with Crippen molar-refractivity contribution in [3.63, 3.8) is 0 Å². The van der Waals surface area contributed by atoms with Gasteiger partial charge in [0.15, 0.2) is 0 Å². The van der Waals surface area contributed by atoms with Gasteiger partial charge in [0.25, 0.3) is 0 Å². The van der Waals surface area contributed by atoms with E-state index in [-0.39, 0.29) is 41.4 Å². The SMILES string of the molecule is C[C@@H](C(=O)N1CCCCC1)N1C(=O)[C@@H]2[C@H]3C=C[C@H]([C@H]4C[C@@H]34)[C@@H]2C1=O. The number of nitrogens with zero attached hydrogens (tertiary/aromatic N) is 2. The molecule has 7 atom stereocenters. The molecule has 0 unspecified atom stereocenters. The Morgan fingerprint density at radius 1 is 1.00 bits per heavy atom. The molecule has 3 amide bonds. The molecule has 2 heterocycles. The van der Waals surface area contributed by atoms with Crippen molar-refractivity contribution in [2.24, 2.45) is 35.5 Å². The Morgan fingerprint density at radius 2 is 1.54 bits per heavy atom. The van der Waals surface area contributed by atoms with Crippen molar-refractivity contribution in [1.82, 2.24) is 9.80 Å². The molecule has 6 rings (SSSR count). The smallest absolute Gasteiger partial charge is 0.245 e. The lowest BCUT2D eigenvalue weighted by Crippen LogP contribution is -2.51. The third-order valence-electron chi connectivity index (χ3n) is 7.11. The summed E-state index contributed by atoms with van der Waals surface area (Å²) in [5, 5.41) is 0. The first kappa shape index (κ1) is 14.7. The third-order valence-corrected chi connectivity index (χ3v) is 7.11. The molecule has 2 bridgehead atoms. The number of rotatable bonds is 2. The molecule has 4 aliphatic carbocycles. The lowest BCUT2D eigenvalue weighted by molar-refractivity contribution is -0.151. The van der Waals surface area contributed by atoms with E-state index in [4.69, 9.17) is 0 Å². The Balaban J connectivity index is 1.40. The summed E-state index contributed by atoms with van der Waals surface area (Å²) in [6, 6.07) is -0.649. The van der Waals surface area contributed by atoms with Gasteiger partial charge in [0.2, 0.25) is 17.7 Å². The lowest BCUT2D eigenvalue weighted by Gasteiger charge is -2.37. The minimum absolute atomic E-state index is 0.0551. The van der Waals surface area contributed by atoms with Gasteiger partial charge in [-0.1, -0.05) is 12.2 Å². The molecule has 2 saturated heterocycles. The highest BCUT2D eigenvalue weighted by Crippen LogP contribution is 2.65. The highest BCUT2D eigenvalue weighted by atomic mass is 16.2. The Morgan fingerprint density at radius 3 is 2.08 bits per heavy atom. The normalized spacial score (nSPS) is 43.7. The van der Waals surface area contributed by atoms with E-state index in [9.17, 15) is 14.4 Å². The quantitative estimate of drug-likeness (QED) is 0.569. The van der Waals surface area contributed by atoms with Crippen LogP contribution >= 0.6 is 0 Å². The number of carbonyl (C=O) groups is 3. The number of likely N-dealkylation sites (tertiary alicyclic amines) is 2. The Labute approximate surface area is 142 Å². The molecule has 5 heteroatoms. The molecule has 0 spiro atoms. The standard InChI is InChI=1S/C19H24N2O3/c1-10(17(22)20-7-3-2-4-8-20)21-18(23)15-11-5-6-12(14-9-13(11)14)16(15)19(21)24/h5-6,10-16H,2-4,7-9H2,1H3/t10-,11-,12+,13-,14+,15+,16-/m0/s1. The molecular formula is C19H24N2O3. The highest BCUT2D eigenvalue weighted by Gasteiger charge is 2.67. The second-order valence-electron chi connectivity index (χ2n) is 8.26. The van der Waals surface area contributed by atoms with E-state index in [1.54, 1.807) is 6.92 Å². The van der Waals surface area contributed by atoms with Crippen LogP contribution < -0.4 is 0 Å². The second-order valence-corrected chi connectivity index (χ2v) is 8.26. The van der Waals surface area contributed by atoms with Gasteiger partial charge in [-0.05, 0) is 56.3 Å². The van der Waals surface area contributed by atoms with E-state index >= 15 is 0 Å². The molecule has 0 N–H and O–H groups in total. The average Bonchev–Trinajstić information content (AvgIpc) is 3.39. The Bertz CT molecular complexity index is 615. The van der Waals surface area contributed by atoms with Crippen LogP contribution in [0.3, 0.4) is 0 Å². The van der Waals surface area contributed by atoms with Crippen LogP contribution in [0.5, 0.6) is 0 Å². The van der Waals surface area contributed by atoms with Crippen LogP contribution in [-0.4, -0.2) is 46.7 Å². The van der Waals surface area contributed by atoms with Crippen molar-refractivity contribution >= 4 is 17.7 Å². The van der Waals surface area contributed by atoms with Crippen LogP contribution in [0, 0.1) is 35.5 Å². The van der Waals surface area contributed by atoms with Gasteiger partial charge in [-0.2, -0.15) is 0 Å². The van der Waals surface area contributed by atoms with E-state index < -0.39 is 6.04 Å². The van der Waals surface area contributed by atoms with Gasteiger partial charge in [-0.3, -0.25) is 19.3 Å². The van der Waals surface area contributed by atoms with E-state index in [0.29, 0.717) is 11.8 Å². The monoisotopic (exact) mass is 328 g/mol. The summed E-state index contributed by atoms with van der Waals surface area (Å²) in [6.07, 6.45) is 8.70. The summed E-state index contributed by atoms with van der Waals surface area (Å²) < 4.78 is 0. The highest BCUT2D eigenvalue weighted by molar-refractivity contribution is 6.09. The maximum absolute atomic E-state index is 13.0. The number of imide groups is 1. The number of allylic oxidation sites excluding steroid dienone is 2. The van der Waals surface area contributed by atoms with Crippen LogP contribution in [0.2, 0.25) is 0 Å². The minimum atomic E-state index is -0.649. The van der Waals surface area contributed by atoms with Gasteiger partial charge in [0.1, 0.15) is 6.04 Å². The van der Waals surface area contributed by atoms with Crippen LogP contribution in [0.25, 0.3) is 0 Å². The van der Waals surface area contributed by atoms with Crippen molar-refractivity contribution in [1.29, 1.82) is 0 Å². The minimum Gasteiger partial charge on any atom is -0.341 e. The molecule has 5 nitrogen and oxygen atoms in total. The molecule has 0 aromatic heterocycles. The van der Waals surface area contributed by atoms with Crippen LogP contribution in [0.4, 0.5) is 0 Å². The number of carbonyl (C=O) groups excluding carboxylic acids is 3. The topological polar surface area (TPSA) is 57.7 Å². The summed E-state index contributed by atoms with van der Waals surface area (Å²) >= 11 is 0. The molecule has 2 aliphatic heterocycles. The van der Waals surface area contributed by atoms with E-state index in [2.05, 4.69) is 12.2 Å². The largest absolute Gasteiger partial charge is 0.341 e. The fraction of sp³-hybridized carbons (Fsp3) is 0.737. The molecule has 4 fully saturated rings. The zero-order valence-electron chi connectivity index (χ0n) is 14.1. The second kappa shape index (κ2) is 4.93. The van der Waals surface area contributed by atoms with E-state index in [0.717, 1.165) is 38.8 Å². The van der Waals surface area contributed by atoms with Crippen molar-refractivity contribution < 1.29 is 14.4 Å². The fourth-order valence-corrected chi connectivity index (χ4v) is 5.85. The molecule has 6 aliphatic rings. The number of piperidine rings is 1. The number of hydrogen-bond donors (Lipinski definition) is 0. The maximum atomic E-state index is 13.0. The first-order valence-electron chi connectivity index (χ1n) is 9.43. The zero-order valence-corrected chi connectivity index (χ0v) is 14.1. The molecule has 0 aromatic rings. The third kappa shape index (κ3) is 1.78. The first-order chi connectivity index (χ1) is 11.6. The van der Waals surface area contributed by atoms with Gasteiger partial charge in [-0.15, -0.1) is 0 Å². The molecule has 2 saturated carbocycles. The summed E-state index contributed by atoms with van der Waals surface area (Å²) in [6.45, 7) is 3.24. The van der Waals surface area contributed by atoms with Crippen molar-refractivity contribution in [3.8, 4) is 0 Å². The summed E-state index contributed by atoms with van der Waals surface area (Å²) in [5.74, 6) is 1.02. The van der Waals surface area contributed by atoms with Crippen molar-refractivity contribution in [2.45, 2.75) is 38.6 Å². The van der Waals surface area contributed by atoms with Gasteiger partial charge < -0.3 is 4.90 Å². The predicted octanol–water partition coefficient (Wildman–Crippen LogP) is 1.44. The van der Waals surface area contributed by atoms with Crippen molar-refractivity contribution in [2.75, 3.05) is 13.1 Å². The molecule has 24 heavy (non-hydrogen) atoms. The van der Waals surface area contributed by atoms with Crippen LogP contribution in [-0.2, 0) is 14.4 Å². The van der Waals surface area contributed by atoms with Crippen LogP contribution in [0.15, 0.2) is 12.2 Å². The van der Waals surface area contributed by atoms with Gasteiger partial charge in [0.05, 0.1) is 11.8 Å². The average molecular weight is 328 g/mol. The van der Waals surface area contributed by atoms with E-state index in [1.807, 2.05) is 4.90 Å². The van der Waals surface area contributed by atoms with E-state index in [1.165, 1.54) is 4.90 Å². The Hall–Kier alpha value is -1.65. The first-order valence-corrected chi connectivity index (χ1v) is 9.43. The molecular weight excluding hydrogens is 304 g/mol.